The van der Waals surface area contributed by atoms with Crippen molar-refractivity contribution in [2.75, 3.05) is 0 Å². The minimum Gasteiger partial charge on any atom is -0.139 e. The average molecular weight is 205 g/mol. The first-order chi connectivity index (χ1) is 6.40. The van der Waals surface area contributed by atoms with E-state index in [4.69, 9.17) is 0 Å². The Morgan fingerprint density at radius 3 is 3.00 bits per heavy atom. The van der Waals surface area contributed by atoms with Gasteiger partial charge in [0.2, 0.25) is 21.1 Å². The molecule has 0 atom stereocenters. The molecule has 0 bridgehead atoms. The number of allylic oxidation sites excluding steroid dienone is 4. The molecular formula is C11H9S2+. The van der Waals surface area contributed by atoms with E-state index in [-0.39, 0.29) is 0 Å². The summed E-state index contributed by atoms with van der Waals surface area (Å²) >= 11 is 3.58. The summed E-state index contributed by atoms with van der Waals surface area (Å²) in [5, 5.41) is 2.10. The van der Waals surface area contributed by atoms with Gasteiger partial charge in [-0.1, -0.05) is 18.7 Å². The van der Waals surface area contributed by atoms with Crippen LogP contribution in [0.3, 0.4) is 0 Å². The Hall–Kier alpha value is -0.990. The van der Waals surface area contributed by atoms with Crippen LogP contribution in [0, 0.1) is 0 Å². The highest BCUT2D eigenvalue weighted by Gasteiger charge is 2.19. The van der Waals surface area contributed by atoms with Crippen molar-refractivity contribution >= 4 is 27.6 Å². The predicted octanol–water partition coefficient (Wildman–Crippen LogP) is 2.99. The molecule has 0 fully saturated rings. The maximum Gasteiger partial charge on any atom is 0.248 e. The summed E-state index contributed by atoms with van der Waals surface area (Å²) in [6.07, 6.45) is 8.14. The molecule has 0 nitrogen and oxygen atoms in total. The van der Waals surface area contributed by atoms with Crippen molar-refractivity contribution in [1.29, 1.82) is 0 Å². The first kappa shape index (κ1) is 8.60. The summed E-state index contributed by atoms with van der Waals surface area (Å²) in [5.41, 5.74) is 0. The van der Waals surface area contributed by atoms with E-state index in [1.165, 1.54) is 14.6 Å². The maximum atomic E-state index is 3.68. The van der Waals surface area contributed by atoms with Gasteiger partial charge in [0.1, 0.15) is 0 Å². The van der Waals surface area contributed by atoms with Crippen molar-refractivity contribution in [3.8, 4) is 0 Å². The molecule has 0 radical (unpaired) electrons. The summed E-state index contributed by atoms with van der Waals surface area (Å²) in [4.78, 5) is 3.94. The molecule has 0 aliphatic carbocycles. The molecule has 1 aliphatic heterocycles. The first-order valence-corrected chi connectivity index (χ1v) is 5.69. The SMILES string of the molecule is C=C/C=C1\C=CC(c2cccs2)=[S+]1. The van der Waals surface area contributed by atoms with Crippen LogP contribution in [0.2, 0.25) is 0 Å². The Morgan fingerprint density at radius 1 is 1.38 bits per heavy atom. The van der Waals surface area contributed by atoms with Crippen molar-refractivity contribution in [3.05, 3.63) is 58.2 Å². The molecule has 1 aliphatic rings. The zero-order chi connectivity index (χ0) is 9.10. The van der Waals surface area contributed by atoms with Gasteiger partial charge in [-0.15, -0.1) is 11.3 Å². The standard InChI is InChI=1S/C11H9S2/c1-2-4-9-6-7-11(13-9)10-5-3-8-12-10/h2-8H,1H2/q+1/b9-4+. The molecule has 0 amide bonds. The van der Waals surface area contributed by atoms with Crippen LogP contribution >= 0.6 is 11.3 Å². The van der Waals surface area contributed by atoms with Crippen LogP contribution in [0.25, 0.3) is 0 Å². The molecule has 0 spiro atoms. The first-order valence-electron chi connectivity index (χ1n) is 3.99. The molecular weight excluding hydrogens is 196 g/mol. The minimum atomic E-state index is 1.26. The lowest BCUT2D eigenvalue weighted by molar-refractivity contribution is 1.91. The van der Waals surface area contributed by atoms with Crippen molar-refractivity contribution in [3.63, 3.8) is 0 Å². The topological polar surface area (TPSA) is 0 Å². The lowest BCUT2D eigenvalue weighted by Crippen LogP contribution is -1.89. The molecule has 1 aromatic heterocycles. The Labute approximate surface area is 85.9 Å². The molecule has 64 valence electrons. The monoisotopic (exact) mass is 205 g/mol. The fourth-order valence-corrected chi connectivity index (χ4v) is 2.88. The van der Waals surface area contributed by atoms with Gasteiger partial charge in [-0.2, -0.15) is 0 Å². The smallest absolute Gasteiger partial charge is 0.139 e. The summed E-state index contributed by atoms with van der Waals surface area (Å²) in [5.74, 6) is 0. The quantitative estimate of drug-likeness (QED) is 0.514. The third-order valence-corrected chi connectivity index (χ3v) is 3.79. The van der Waals surface area contributed by atoms with Gasteiger partial charge in [0.15, 0.2) is 0 Å². The van der Waals surface area contributed by atoms with E-state index in [9.17, 15) is 0 Å². The number of rotatable bonds is 2. The molecule has 0 unspecified atom stereocenters. The zero-order valence-electron chi connectivity index (χ0n) is 7.07. The van der Waals surface area contributed by atoms with Crippen LogP contribution in [0.15, 0.2) is 53.3 Å². The van der Waals surface area contributed by atoms with Gasteiger partial charge in [-0.3, -0.25) is 0 Å². The fourth-order valence-electron chi connectivity index (χ4n) is 1.11. The lowest BCUT2D eigenvalue weighted by Gasteiger charge is -1.77. The van der Waals surface area contributed by atoms with Crippen molar-refractivity contribution in [2.45, 2.75) is 0 Å². The predicted molar refractivity (Wildman–Crippen MR) is 63.2 cm³/mol. The van der Waals surface area contributed by atoms with Gasteiger partial charge in [0.25, 0.3) is 0 Å². The third-order valence-electron chi connectivity index (χ3n) is 1.67. The molecule has 0 aromatic carbocycles. The van der Waals surface area contributed by atoms with Crippen molar-refractivity contribution < 1.29 is 0 Å². The van der Waals surface area contributed by atoms with Gasteiger partial charge >= 0.3 is 0 Å². The third kappa shape index (κ3) is 1.85. The second kappa shape index (κ2) is 3.81. The van der Waals surface area contributed by atoms with Crippen LogP contribution in [0.4, 0.5) is 0 Å². The molecule has 0 saturated carbocycles. The fraction of sp³-hybridized carbons (Fsp3) is 0. The van der Waals surface area contributed by atoms with E-state index in [1.807, 2.05) is 12.2 Å². The van der Waals surface area contributed by atoms with Crippen molar-refractivity contribution in [1.82, 2.24) is 0 Å². The summed E-state index contributed by atoms with van der Waals surface area (Å²) in [6.45, 7) is 3.68. The zero-order valence-corrected chi connectivity index (χ0v) is 8.70. The summed E-state index contributed by atoms with van der Waals surface area (Å²) in [7, 11) is 0. The lowest BCUT2D eigenvalue weighted by atomic mass is 10.3. The number of thiophene rings is 1. The number of hydrogen-bond donors (Lipinski definition) is 0. The number of hydrogen-bond acceptors (Lipinski definition) is 1. The normalized spacial score (nSPS) is 17.8. The average Bonchev–Trinajstić information content (AvgIpc) is 2.70. The van der Waals surface area contributed by atoms with E-state index >= 15 is 0 Å². The molecule has 0 saturated heterocycles. The minimum absolute atomic E-state index is 1.26. The second-order valence-corrected chi connectivity index (χ2v) is 4.64. The molecule has 1 aromatic rings. The molecule has 2 rings (SSSR count). The summed E-state index contributed by atoms with van der Waals surface area (Å²) < 4.78 is 0. The van der Waals surface area contributed by atoms with Gasteiger partial charge in [-0.25, -0.2) is 0 Å². The Balaban J connectivity index is 2.31. The molecule has 13 heavy (non-hydrogen) atoms. The van der Waals surface area contributed by atoms with Crippen LogP contribution < -0.4 is 0 Å². The van der Waals surface area contributed by atoms with E-state index in [2.05, 4.69) is 36.2 Å². The highest BCUT2D eigenvalue weighted by Crippen LogP contribution is 2.16. The van der Waals surface area contributed by atoms with E-state index in [1.54, 1.807) is 22.7 Å². The van der Waals surface area contributed by atoms with Crippen molar-refractivity contribution in [2.24, 2.45) is 0 Å². The molecule has 2 heterocycles. The van der Waals surface area contributed by atoms with Crippen LogP contribution in [0.1, 0.15) is 4.88 Å². The largest absolute Gasteiger partial charge is 0.248 e. The van der Waals surface area contributed by atoms with Crippen LogP contribution in [-0.4, -0.2) is 4.86 Å². The highest BCUT2D eigenvalue weighted by atomic mass is 32.1. The van der Waals surface area contributed by atoms with E-state index < -0.39 is 0 Å². The van der Waals surface area contributed by atoms with E-state index in [0.717, 1.165) is 0 Å². The van der Waals surface area contributed by atoms with E-state index in [0.29, 0.717) is 0 Å². The Kier molecular flexibility index (Phi) is 2.52. The van der Waals surface area contributed by atoms with Crippen LogP contribution in [0.5, 0.6) is 0 Å². The van der Waals surface area contributed by atoms with Gasteiger partial charge in [0.05, 0.1) is 4.88 Å². The Bertz CT molecular complexity index is 392. The van der Waals surface area contributed by atoms with Gasteiger partial charge < -0.3 is 0 Å². The highest BCUT2D eigenvalue weighted by molar-refractivity contribution is 7.84. The maximum absolute atomic E-state index is 3.68. The van der Waals surface area contributed by atoms with Gasteiger partial charge in [-0.05, 0) is 11.4 Å². The Morgan fingerprint density at radius 2 is 2.31 bits per heavy atom. The second-order valence-electron chi connectivity index (χ2n) is 2.58. The van der Waals surface area contributed by atoms with Gasteiger partial charge in [0, 0.05) is 18.2 Å². The molecule has 2 heteroatoms. The van der Waals surface area contributed by atoms with Crippen LogP contribution in [-0.2, 0) is 11.4 Å². The molecule has 0 N–H and O–H groups in total. The summed E-state index contributed by atoms with van der Waals surface area (Å²) in [6, 6.07) is 4.23.